The van der Waals surface area contributed by atoms with Gasteiger partial charge in [0.2, 0.25) is 5.91 Å². The zero-order chi connectivity index (χ0) is 32.1. The molecule has 2 heterocycles. The summed E-state index contributed by atoms with van der Waals surface area (Å²) in [6.07, 6.45) is 6.36. The van der Waals surface area contributed by atoms with Crippen LogP contribution in [0.2, 0.25) is 0 Å². The minimum absolute atomic E-state index is 0.0600. The Labute approximate surface area is 262 Å². The molecule has 1 aliphatic carbocycles. The molecule has 2 aromatic rings. The number of rotatable bonds is 4. The van der Waals surface area contributed by atoms with Gasteiger partial charge in [0.05, 0.1) is 36.5 Å². The van der Waals surface area contributed by atoms with Crippen LogP contribution in [0.3, 0.4) is 0 Å². The highest BCUT2D eigenvalue weighted by Gasteiger charge is 2.42. The molecule has 3 amide bonds. The third-order valence-electron chi connectivity index (χ3n) is 8.19. The Morgan fingerprint density at radius 3 is 2.09 bits per heavy atom. The van der Waals surface area contributed by atoms with E-state index >= 15 is 0 Å². The van der Waals surface area contributed by atoms with E-state index in [2.05, 4.69) is 31.0 Å². The van der Waals surface area contributed by atoms with Crippen LogP contribution in [0.4, 0.5) is 0 Å². The molecule has 2 saturated heterocycles. The van der Waals surface area contributed by atoms with Crippen LogP contribution < -0.4 is 5.32 Å². The number of para-hydroxylation sites is 1. The first kappa shape index (κ1) is 34.6. The second-order valence-electron chi connectivity index (χ2n) is 11.6. The zero-order valence-electron chi connectivity index (χ0n) is 26.7. The van der Waals surface area contributed by atoms with E-state index in [1.165, 1.54) is 48.3 Å². The average molecular weight is 608 g/mol. The monoisotopic (exact) mass is 607 g/mol. The van der Waals surface area contributed by atoms with Crippen molar-refractivity contribution in [3.63, 3.8) is 0 Å². The molecule has 240 valence electrons. The number of phenolic OH excluding ortho intramolecular Hbond substituents is 1. The molecule has 3 atom stereocenters. The first-order chi connectivity index (χ1) is 21.1. The highest BCUT2D eigenvalue weighted by Crippen LogP contribution is 2.25. The number of nitrogens with one attached hydrogen (secondary N) is 1. The van der Waals surface area contributed by atoms with Gasteiger partial charge in [-0.2, -0.15) is 0 Å². The van der Waals surface area contributed by atoms with Gasteiger partial charge in [0, 0.05) is 26.6 Å². The normalized spacial score (nSPS) is 22.7. The Balaban J connectivity index is 0.000000399. The molecular weight excluding hydrogens is 558 g/mol. The Hall–Kier alpha value is -3.85. The summed E-state index contributed by atoms with van der Waals surface area (Å²) >= 11 is 0. The molecule has 44 heavy (non-hydrogen) atoms. The summed E-state index contributed by atoms with van der Waals surface area (Å²) < 4.78 is 11.3. The number of benzene rings is 2. The van der Waals surface area contributed by atoms with Crippen molar-refractivity contribution < 1.29 is 29.0 Å². The standard InChI is InChI=1S/C24H33N3O6.C7H8.C4H8/c1-5-27-16(3)20(25-22(29)18-10-6-7-11-19(18)28)23(30)26(4)12-8-9-15(2)33-21(24(27)31)17-13-32-14-17;1-7-5-3-2-4-6-7;1-2-4-3-1/h6-7,10-11,16-17,20-21,28H,2,5,8-9,12-14H2,1,3-4H3,(H,25,29);2-6H,1H3;1-4H2. The number of nitrogens with zero attached hydrogens (tertiary/aromatic N) is 2. The average Bonchev–Trinajstić information content (AvgIpc) is 2.94. The molecule has 0 spiro atoms. The molecule has 0 bridgehead atoms. The smallest absolute Gasteiger partial charge is 0.264 e. The predicted molar refractivity (Wildman–Crippen MR) is 171 cm³/mol. The summed E-state index contributed by atoms with van der Waals surface area (Å²) in [6, 6.07) is 14.7. The predicted octanol–water partition coefficient (Wildman–Crippen LogP) is 5.08. The number of carbonyl (C=O) groups is 3. The maximum absolute atomic E-state index is 13.6. The zero-order valence-corrected chi connectivity index (χ0v) is 26.7. The lowest BCUT2D eigenvalue weighted by Crippen LogP contribution is -2.61. The number of likely N-dealkylation sites (N-methyl/N-ethyl adjacent to an activating group) is 2. The van der Waals surface area contributed by atoms with Crippen LogP contribution in [0.25, 0.3) is 0 Å². The maximum Gasteiger partial charge on any atom is 0.264 e. The largest absolute Gasteiger partial charge is 0.507 e. The molecule has 9 nitrogen and oxygen atoms in total. The van der Waals surface area contributed by atoms with E-state index in [-0.39, 0.29) is 29.0 Å². The summed E-state index contributed by atoms with van der Waals surface area (Å²) in [7, 11) is 1.66. The fourth-order valence-electron chi connectivity index (χ4n) is 4.92. The van der Waals surface area contributed by atoms with Crippen LogP contribution in [-0.4, -0.2) is 84.2 Å². The number of allylic oxidation sites excluding steroid dienone is 1. The molecule has 2 aliphatic heterocycles. The van der Waals surface area contributed by atoms with Gasteiger partial charge >= 0.3 is 0 Å². The Morgan fingerprint density at radius 2 is 1.59 bits per heavy atom. The van der Waals surface area contributed by atoms with Gasteiger partial charge in [-0.1, -0.05) is 80.3 Å². The summed E-state index contributed by atoms with van der Waals surface area (Å²) in [4.78, 5) is 43.0. The Bertz CT molecular complexity index is 1220. The minimum atomic E-state index is -1.01. The van der Waals surface area contributed by atoms with Crippen molar-refractivity contribution >= 4 is 17.7 Å². The van der Waals surface area contributed by atoms with Crippen molar-refractivity contribution in [2.24, 2.45) is 5.92 Å². The number of hydrogen-bond donors (Lipinski definition) is 2. The van der Waals surface area contributed by atoms with Crippen molar-refractivity contribution in [3.8, 4) is 5.75 Å². The van der Waals surface area contributed by atoms with E-state index in [4.69, 9.17) is 9.47 Å². The van der Waals surface area contributed by atoms with Crippen molar-refractivity contribution in [1.29, 1.82) is 0 Å². The van der Waals surface area contributed by atoms with Crippen LogP contribution in [0, 0.1) is 12.8 Å². The first-order valence-corrected chi connectivity index (χ1v) is 15.7. The van der Waals surface area contributed by atoms with E-state index in [0.717, 1.165) is 0 Å². The quantitative estimate of drug-likeness (QED) is 0.502. The highest BCUT2D eigenvalue weighted by atomic mass is 16.5. The molecular formula is C35H49N3O6. The number of phenols is 1. The summed E-state index contributed by atoms with van der Waals surface area (Å²) in [6.45, 7) is 11.2. The molecule has 2 N–H and O–H groups in total. The summed E-state index contributed by atoms with van der Waals surface area (Å²) in [5.41, 5.74) is 1.38. The topological polar surface area (TPSA) is 108 Å². The first-order valence-electron chi connectivity index (χ1n) is 15.7. The lowest BCUT2D eigenvalue weighted by atomic mass is 9.97. The van der Waals surface area contributed by atoms with Gasteiger partial charge < -0.3 is 29.7 Å². The third kappa shape index (κ3) is 9.84. The highest BCUT2D eigenvalue weighted by molar-refractivity contribution is 6.00. The minimum Gasteiger partial charge on any atom is -0.507 e. The molecule has 0 aromatic heterocycles. The van der Waals surface area contributed by atoms with Gasteiger partial charge in [-0.3, -0.25) is 14.4 Å². The Kier molecular flexibility index (Phi) is 13.7. The molecule has 9 heteroatoms. The van der Waals surface area contributed by atoms with E-state index < -0.39 is 24.1 Å². The lowest BCUT2D eigenvalue weighted by molar-refractivity contribution is -0.161. The molecule has 3 fully saturated rings. The molecule has 2 aromatic carbocycles. The number of ether oxygens (including phenoxy) is 2. The maximum atomic E-state index is 13.6. The van der Waals surface area contributed by atoms with Gasteiger partial charge in [-0.15, -0.1) is 0 Å². The van der Waals surface area contributed by atoms with E-state index in [9.17, 15) is 19.5 Å². The van der Waals surface area contributed by atoms with Crippen molar-refractivity contribution in [2.45, 2.75) is 77.5 Å². The van der Waals surface area contributed by atoms with E-state index in [0.29, 0.717) is 44.9 Å². The second-order valence-corrected chi connectivity index (χ2v) is 11.6. The number of carbonyl (C=O) groups excluding carboxylic acids is 3. The third-order valence-corrected chi connectivity index (χ3v) is 8.19. The van der Waals surface area contributed by atoms with Crippen molar-refractivity contribution in [2.75, 3.05) is 33.4 Å². The van der Waals surface area contributed by atoms with Gasteiger partial charge in [0.15, 0.2) is 6.10 Å². The van der Waals surface area contributed by atoms with Crippen LogP contribution in [0.5, 0.6) is 5.75 Å². The van der Waals surface area contributed by atoms with Crippen molar-refractivity contribution in [3.05, 3.63) is 78.1 Å². The van der Waals surface area contributed by atoms with Crippen molar-refractivity contribution in [1.82, 2.24) is 15.1 Å². The van der Waals surface area contributed by atoms with Gasteiger partial charge in [-0.25, -0.2) is 0 Å². The Morgan fingerprint density at radius 1 is 0.977 bits per heavy atom. The fourth-order valence-corrected chi connectivity index (χ4v) is 4.92. The van der Waals surface area contributed by atoms with Gasteiger partial charge in [0.25, 0.3) is 11.8 Å². The summed E-state index contributed by atoms with van der Waals surface area (Å²) in [5, 5.41) is 12.8. The molecule has 1 saturated carbocycles. The number of aromatic hydroxyl groups is 1. The fraction of sp³-hybridized carbons (Fsp3) is 0.514. The van der Waals surface area contributed by atoms with Gasteiger partial charge in [0.1, 0.15) is 11.8 Å². The van der Waals surface area contributed by atoms with Crippen LogP contribution in [0.15, 0.2) is 66.9 Å². The van der Waals surface area contributed by atoms with Crippen LogP contribution in [0.1, 0.15) is 68.3 Å². The lowest BCUT2D eigenvalue weighted by Gasteiger charge is -2.41. The number of hydrogen-bond acceptors (Lipinski definition) is 6. The molecule has 0 radical (unpaired) electrons. The molecule has 3 unspecified atom stereocenters. The van der Waals surface area contributed by atoms with Gasteiger partial charge in [-0.05, 0) is 39.3 Å². The van der Waals surface area contributed by atoms with E-state index in [1.54, 1.807) is 31.0 Å². The second kappa shape index (κ2) is 17.4. The number of aryl methyl sites for hydroxylation is 1. The SMILES string of the molecule is C1CCC1.C=C1CCCN(C)C(=O)C(NC(=O)c2ccccc2O)C(C)N(CC)C(=O)C(C2COC2)O1.Cc1ccccc1. The van der Waals surface area contributed by atoms with Crippen LogP contribution in [-0.2, 0) is 19.1 Å². The van der Waals surface area contributed by atoms with E-state index in [1.807, 2.05) is 25.1 Å². The summed E-state index contributed by atoms with van der Waals surface area (Å²) in [5.74, 6) is -0.931. The molecule has 3 aliphatic rings. The van der Waals surface area contributed by atoms with Crippen LogP contribution >= 0.6 is 0 Å². The molecule has 5 rings (SSSR count). The number of amides is 3.